The molecule has 0 saturated carbocycles. The minimum Gasteiger partial charge on any atom is -0.324 e. The van der Waals surface area contributed by atoms with Crippen LogP contribution in [-0.2, 0) is 6.42 Å². The molecule has 0 aromatic heterocycles. The van der Waals surface area contributed by atoms with E-state index in [1.807, 2.05) is 12.1 Å². The average Bonchev–Trinajstić information content (AvgIpc) is 2.30. The van der Waals surface area contributed by atoms with E-state index < -0.39 is 0 Å². The summed E-state index contributed by atoms with van der Waals surface area (Å²) in [4.78, 5) is 0. The van der Waals surface area contributed by atoms with Gasteiger partial charge in [-0.2, -0.15) is 0 Å². The minimum absolute atomic E-state index is 0.0606. The topological polar surface area (TPSA) is 26.0 Å². The Kier molecular flexibility index (Phi) is 3.97. The van der Waals surface area contributed by atoms with Crippen molar-refractivity contribution in [2.24, 2.45) is 5.73 Å². The van der Waals surface area contributed by atoms with E-state index >= 15 is 0 Å². The number of nitrogens with two attached hydrogens (primary N) is 1. The van der Waals surface area contributed by atoms with Crippen molar-refractivity contribution in [3.8, 4) is 0 Å². The third kappa shape index (κ3) is 3.18. The molecular weight excluding hydrogens is 274 g/mol. The smallest absolute Gasteiger partial charge is 0.0338 e. The van der Waals surface area contributed by atoms with E-state index in [2.05, 4.69) is 59.3 Å². The van der Waals surface area contributed by atoms with Crippen LogP contribution in [-0.4, -0.2) is 0 Å². The normalized spacial score (nSPS) is 12.4. The number of halogens is 1. The lowest BCUT2D eigenvalue weighted by molar-refractivity contribution is 0.716. The van der Waals surface area contributed by atoms with E-state index in [1.165, 1.54) is 16.7 Å². The van der Waals surface area contributed by atoms with Crippen molar-refractivity contribution < 1.29 is 0 Å². The van der Waals surface area contributed by atoms with Crippen LogP contribution in [0.4, 0.5) is 0 Å². The van der Waals surface area contributed by atoms with Gasteiger partial charge >= 0.3 is 0 Å². The van der Waals surface area contributed by atoms with Gasteiger partial charge in [0.1, 0.15) is 0 Å². The van der Waals surface area contributed by atoms with Gasteiger partial charge in [-0.15, -0.1) is 0 Å². The van der Waals surface area contributed by atoms with Crippen LogP contribution in [0.1, 0.15) is 22.7 Å². The van der Waals surface area contributed by atoms with Gasteiger partial charge in [-0.3, -0.25) is 0 Å². The second kappa shape index (κ2) is 5.48. The van der Waals surface area contributed by atoms with E-state index in [9.17, 15) is 0 Å². The minimum atomic E-state index is 0.0606. The van der Waals surface area contributed by atoms with Gasteiger partial charge in [0.05, 0.1) is 0 Å². The molecule has 2 N–H and O–H groups in total. The van der Waals surface area contributed by atoms with Gasteiger partial charge in [-0.25, -0.2) is 0 Å². The van der Waals surface area contributed by atoms with Gasteiger partial charge < -0.3 is 5.73 Å². The number of aryl methyl sites for hydroxylation is 1. The molecule has 2 rings (SSSR count). The summed E-state index contributed by atoms with van der Waals surface area (Å²) in [6.45, 7) is 2.10. The molecule has 1 unspecified atom stereocenters. The van der Waals surface area contributed by atoms with Gasteiger partial charge in [0.25, 0.3) is 0 Å². The molecule has 0 radical (unpaired) electrons. The van der Waals surface area contributed by atoms with Crippen molar-refractivity contribution in [2.75, 3.05) is 0 Å². The van der Waals surface area contributed by atoms with Gasteiger partial charge in [0.15, 0.2) is 0 Å². The Bertz CT molecular complexity index is 494. The maximum Gasteiger partial charge on any atom is 0.0338 e. The van der Waals surface area contributed by atoms with Crippen molar-refractivity contribution in [1.82, 2.24) is 0 Å². The van der Waals surface area contributed by atoms with Gasteiger partial charge in [-0.05, 0) is 42.2 Å². The summed E-state index contributed by atoms with van der Waals surface area (Å²) in [5.74, 6) is 0. The molecule has 0 saturated heterocycles. The Morgan fingerprint density at radius 3 is 2.47 bits per heavy atom. The van der Waals surface area contributed by atoms with Crippen LogP contribution in [0.5, 0.6) is 0 Å². The zero-order valence-corrected chi connectivity index (χ0v) is 11.4. The third-order valence-electron chi connectivity index (χ3n) is 2.93. The van der Waals surface area contributed by atoms with E-state index in [0.717, 1.165) is 10.9 Å². The largest absolute Gasteiger partial charge is 0.324 e. The SMILES string of the molecule is Cc1cc(Br)ccc1C(N)Cc1ccccc1. The highest BCUT2D eigenvalue weighted by molar-refractivity contribution is 9.10. The van der Waals surface area contributed by atoms with E-state index in [-0.39, 0.29) is 6.04 Å². The zero-order chi connectivity index (χ0) is 12.3. The molecule has 0 aliphatic heterocycles. The predicted molar refractivity (Wildman–Crippen MR) is 76.0 cm³/mol. The highest BCUT2D eigenvalue weighted by Gasteiger charge is 2.09. The van der Waals surface area contributed by atoms with Gasteiger partial charge in [-0.1, -0.05) is 52.3 Å². The summed E-state index contributed by atoms with van der Waals surface area (Å²) >= 11 is 3.47. The average molecular weight is 290 g/mol. The van der Waals surface area contributed by atoms with Crippen LogP contribution in [0.2, 0.25) is 0 Å². The van der Waals surface area contributed by atoms with Gasteiger partial charge in [0.2, 0.25) is 0 Å². The summed E-state index contributed by atoms with van der Waals surface area (Å²) < 4.78 is 1.10. The molecule has 0 amide bonds. The fourth-order valence-corrected chi connectivity index (χ4v) is 2.51. The number of rotatable bonds is 3. The quantitative estimate of drug-likeness (QED) is 0.908. The molecule has 0 heterocycles. The molecule has 1 nitrogen and oxygen atoms in total. The molecule has 0 spiro atoms. The van der Waals surface area contributed by atoms with Crippen molar-refractivity contribution >= 4 is 15.9 Å². The molecule has 0 fully saturated rings. The zero-order valence-electron chi connectivity index (χ0n) is 9.86. The molecule has 0 aliphatic rings. The number of hydrogen-bond acceptors (Lipinski definition) is 1. The lowest BCUT2D eigenvalue weighted by atomic mass is 9.96. The predicted octanol–water partition coefficient (Wildman–Crippen LogP) is 4.00. The van der Waals surface area contributed by atoms with Crippen LogP contribution in [0.25, 0.3) is 0 Å². The maximum absolute atomic E-state index is 6.26. The van der Waals surface area contributed by atoms with Crippen LogP contribution in [0, 0.1) is 6.92 Å². The van der Waals surface area contributed by atoms with Crippen LogP contribution in [0.15, 0.2) is 53.0 Å². The lowest BCUT2D eigenvalue weighted by Crippen LogP contribution is -2.14. The Balaban J connectivity index is 2.17. The first kappa shape index (κ1) is 12.3. The number of hydrogen-bond donors (Lipinski definition) is 1. The molecule has 2 heteroatoms. The standard InChI is InChI=1S/C15H16BrN/c1-11-9-13(16)7-8-14(11)15(17)10-12-5-3-2-4-6-12/h2-9,15H,10,17H2,1H3. The monoisotopic (exact) mass is 289 g/mol. The Morgan fingerprint density at radius 1 is 1.12 bits per heavy atom. The molecule has 88 valence electrons. The van der Waals surface area contributed by atoms with Crippen LogP contribution >= 0.6 is 15.9 Å². The Hall–Kier alpha value is -1.12. The van der Waals surface area contributed by atoms with E-state index in [0.29, 0.717) is 0 Å². The second-order valence-corrected chi connectivity index (χ2v) is 5.21. The van der Waals surface area contributed by atoms with Crippen LogP contribution in [0.3, 0.4) is 0 Å². The highest BCUT2D eigenvalue weighted by atomic mass is 79.9. The Morgan fingerprint density at radius 2 is 1.82 bits per heavy atom. The summed E-state index contributed by atoms with van der Waals surface area (Å²) in [5, 5.41) is 0. The lowest BCUT2D eigenvalue weighted by Gasteiger charge is -2.15. The first-order valence-electron chi connectivity index (χ1n) is 5.72. The number of benzene rings is 2. The molecule has 2 aromatic carbocycles. The molecule has 17 heavy (non-hydrogen) atoms. The maximum atomic E-state index is 6.26. The van der Waals surface area contributed by atoms with Crippen molar-refractivity contribution in [2.45, 2.75) is 19.4 Å². The molecular formula is C15H16BrN. The molecule has 0 bridgehead atoms. The first-order valence-corrected chi connectivity index (χ1v) is 6.51. The highest BCUT2D eigenvalue weighted by Crippen LogP contribution is 2.22. The second-order valence-electron chi connectivity index (χ2n) is 4.30. The van der Waals surface area contributed by atoms with E-state index in [1.54, 1.807) is 0 Å². The van der Waals surface area contributed by atoms with E-state index in [4.69, 9.17) is 5.73 Å². The van der Waals surface area contributed by atoms with Crippen LogP contribution < -0.4 is 5.73 Å². The van der Waals surface area contributed by atoms with Crippen molar-refractivity contribution in [3.05, 3.63) is 69.7 Å². The van der Waals surface area contributed by atoms with Crippen molar-refractivity contribution in [1.29, 1.82) is 0 Å². The summed E-state index contributed by atoms with van der Waals surface area (Å²) in [6.07, 6.45) is 0.878. The summed E-state index contributed by atoms with van der Waals surface area (Å²) in [7, 11) is 0. The fraction of sp³-hybridized carbons (Fsp3) is 0.200. The van der Waals surface area contributed by atoms with Crippen molar-refractivity contribution in [3.63, 3.8) is 0 Å². The molecule has 2 aromatic rings. The summed E-state index contributed by atoms with van der Waals surface area (Å²) in [6, 6.07) is 16.7. The summed E-state index contributed by atoms with van der Waals surface area (Å²) in [5.41, 5.74) is 10.0. The van der Waals surface area contributed by atoms with Gasteiger partial charge in [0, 0.05) is 10.5 Å². The third-order valence-corrected chi connectivity index (χ3v) is 3.42. The first-order chi connectivity index (χ1) is 8.16. The Labute approximate surface area is 111 Å². The fourth-order valence-electron chi connectivity index (χ4n) is 2.03. The molecule has 0 aliphatic carbocycles. The molecule has 1 atom stereocenters.